The zero-order chi connectivity index (χ0) is 24.7. The lowest BCUT2D eigenvalue weighted by molar-refractivity contribution is -0.120. The van der Waals surface area contributed by atoms with Crippen LogP contribution in [0.1, 0.15) is 72.1 Å². The van der Waals surface area contributed by atoms with Gasteiger partial charge in [-0.3, -0.25) is 14.4 Å². The van der Waals surface area contributed by atoms with Crippen molar-refractivity contribution >= 4 is 23.1 Å². The maximum absolute atomic E-state index is 14.0. The van der Waals surface area contributed by atoms with Crippen LogP contribution in [-0.4, -0.2) is 28.6 Å². The van der Waals surface area contributed by atoms with Crippen molar-refractivity contribution in [1.82, 2.24) is 0 Å². The van der Waals surface area contributed by atoms with Crippen molar-refractivity contribution < 1.29 is 23.9 Å². The Kier molecular flexibility index (Phi) is 4.52. The van der Waals surface area contributed by atoms with Crippen molar-refractivity contribution in [3.63, 3.8) is 0 Å². The van der Waals surface area contributed by atoms with E-state index in [1.165, 1.54) is 0 Å². The van der Waals surface area contributed by atoms with E-state index in [2.05, 4.69) is 0 Å². The van der Waals surface area contributed by atoms with E-state index in [-0.39, 0.29) is 34.9 Å². The molecule has 5 heteroatoms. The van der Waals surface area contributed by atoms with E-state index < -0.39 is 23.2 Å². The number of fused-ring (bicyclic) bond motifs is 5. The molecule has 0 spiro atoms. The molecule has 0 N–H and O–H groups in total. The van der Waals surface area contributed by atoms with E-state index in [0.29, 0.717) is 28.0 Å². The Morgan fingerprint density at radius 1 is 0.800 bits per heavy atom. The van der Waals surface area contributed by atoms with Crippen LogP contribution in [0, 0.1) is 5.92 Å². The number of carbonyl (C=O) groups excluding carboxylic acids is 3. The summed E-state index contributed by atoms with van der Waals surface area (Å²) in [6.07, 6.45) is 3.55. The third-order valence-corrected chi connectivity index (χ3v) is 7.18. The summed E-state index contributed by atoms with van der Waals surface area (Å²) >= 11 is 0. The van der Waals surface area contributed by atoms with Crippen molar-refractivity contribution in [3.05, 3.63) is 99.7 Å². The van der Waals surface area contributed by atoms with Gasteiger partial charge in [0.2, 0.25) is 0 Å². The Hall–Kier alpha value is -3.57. The number of hydrogen-bond donors (Lipinski definition) is 0. The molecule has 35 heavy (non-hydrogen) atoms. The molecule has 0 amide bonds. The molecule has 2 heterocycles. The first-order valence-corrected chi connectivity index (χ1v) is 11.9. The van der Waals surface area contributed by atoms with Gasteiger partial charge >= 0.3 is 0 Å². The summed E-state index contributed by atoms with van der Waals surface area (Å²) in [4.78, 5) is 41.6. The lowest BCUT2D eigenvalue weighted by Gasteiger charge is -2.43. The summed E-state index contributed by atoms with van der Waals surface area (Å²) in [7, 11) is 0. The molecule has 6 rings (SSSR count). The predicted molar refractivity (Wildman–Crippen MR) is 131 cm³/mol. The van der Waals surface area contributed by atoms with Crippen LogP contribution in [0.15, 0.2) is 77.4 Å². The molecule has 0 unspecified atom stereocenters. The molecular weight excluding hydrogens is 440 g/mol. The first-order valence-electron chi connectivity index (χ1n) is 11.9. The van der Waals surface area contributed by atoms with E-state index in [1.54, 1.807) is 24.3 Å². The summed E-state index contributed by atoms with van der Waals surface area (Å²) in [5, 5.41) is 0. The minimum Gasteiger partial charge on any atom is -0.486 e. The minimum absolute atomic E-state index is 0.121. The lowest BCUT2D eigenvalue weighted by Crippen LogP contribution is -2.41. The second kappa shape index (κ2) is 7.22. The third-order valence-electron chi connectivity index (χ3n) is 7.18. The molecule has 0 aromatic heterocycles. The largest absolute Gasteiger partial charge is 0.486 e. The van der Waals surface area contributed by atoms with Crippen molar-refractivity contribution in [2.45, 2.75) is 51.4 Å². The number of Topliss-reactive ketones (excluding diaryl/α,β-unsaturated/α-hetero) is 3. The number of rotatable bonds is 0. The van der Waals surface area contributed by atoms with Gasteiger partial charge in [0, 0.05) is 33.8 Å². The first kappa shape index (κ1) is 21.9. The molecule has 2 aliphatic carbocycles. The SMILES string of the molecule is CC1(C)C=C[C@H]2C(=C3C(=O)c4ccccc4C4=C3C(=O)CC(C)(C)O4)C(=O)c3ccccc3[C@H]2O1. The standard InChI is InChI=1S/C30H26O5/c1-29(2)14-13-20-22(25(32)16-9-5-7-11-18(16)27(20)34-29)24-23-21(31)15-30(3,4)35-28(23)19-12-8-6-10-17(19)26(24)33/h5-14,20,27H,15H2,1-4H3/t20-,27+/m0/s1. The van der Waals surface area contributed by atoms with Gasteiger partial charge in [-0.25, -0.2) is 0 Å². The molecule has 5 nitrogen and oxygen atoms in total. The summed E-state index contributed by atoms with van der Waals surface area (Å²) in [6.45, 7) is 7.65. The van der Waals surface area contributed by atoms with Gasteiger partial charge in [-0.15, -0.1) is 0 Å². The van der Waals surface area contributed by atoms with Gasteiger partial charge in [0.15, 0.2) is 17.3 Å². The fourth-order valence-electron chi connectivity index (χ4n) is 5.70. The normalized spacial score (nSPS) is 28.1. The highest BCUT2D eigenvalue weighted by atomic mass is 16.5. The molecular formula is C30H26O5. The van der Waals surface area contributed by atoms with Crippen LogP contribution in [0.3, 0.4) is 0 Å². The van der Waals surface area contributed by atoms with E-state index in [1.807, 2.05) is 64.1 Å². The second-order valence-electron chi connectivity index (χ2n) is 10.8. The average Bonchev–Trinajstić information content (AvgIpc) is 2.81. The highest BCUT2D eigenvalue weighted by molar-refractivity contribution is 6.30. The van der Waals surface area contributed by atoms with Crippen LogP contribution < -0.4 is 0 Å². The Balaban J connectivity index is 1.70. The van der Waals surface area contributed by atoms with Gasteiger partial charge in [-0.1, -0.05) is 60.7 Å². The maximum atomic E-state index is 14.0. The fraction of sp³-hybridized carbons (Fsp3) is 0.300. The number of ether oxygens (including phenoxy) is 2. The monoisotopic (exact) mass is 466 g/mol. The van der Waals surface area contributed by atoms with Gasteiger partial charge < -0.3 is 9.47 Å². The van der Waals surface area contributed by atoms with Gasteiger partial charge in [0.1, 0.15) is 11.4 Å². The van der Waals surface area contributed by atoms with Crippen LogP contribution in [0.5, 0.6) is 0 Å². The van der Waals surface area contributed by atoms with Crippen LogP contribution in [0.2, 0.25) is 0 Å². The van der Waals surface area contributed by atoms with Gasteiger partial charge in [-0.2, -0.15) is 0 Å². The van der Waals surface area contributed by atoms with Crippen molar-refractivity contribution in [2.75, 3.05) is 0 Å². The van der Waals surface area contributed by atoms with Crippen LogP contribution in [-0.2, 0) is 14.3 Å². The zero-order valence-corrected chi connectivity index (χ0v) is 20.2. The van der Waals surface area contributed by atoms with Crippen LogP contribution in [0.4, 0.5) is 0 Å². The van der Waals surface area contributed by atoms with Crippen molar-refractivity contribution in [1.29, 1.82) is 0 Å². The van der Waals surface area contributed by atoms with Crippen molar-refractivity contribution in [2.24, 2.45) is 5.92 Å². The van der Waals surface area contributed by atoms with E-state index in [0.717, 1.165) is 5.56 Å². The molecule has 2 aliphatic heterocycles. The summed E-state index contributed by atoms with van der Waals surface area (Å²) in [5.41, 5.74) is 1.75. The average molecular weight is 467 g/mol. The predicted octanol–water partition coefficient (Wildman–Crippen LogP) is 5.58. The number of benzene rings is 2. The maximum Gasteiger partial charge on any atom is 0.195 e. The van der Waals surface area contributed by atoms with E-state index in [9.17, 15) is 14.4 Å². The summed E-state index contributed by atoms with van der Waals surface area (Å²) in [5.74, 6) is -0.872. The molecule has 2 aromatic carbocycles. The van der Waals surface area contributed by atoms with Crippen molar-refractivity contribution in [3.8, 4) is 0 Å². The third kappa shape index (κ3) is 3.22. The van der Waals surface area contributed by atoms with Crippen LogP contribution >= 0.6 is 0 Å². The quantitative estimate of drug-likeness (QED) is 0.375. The Bertz CT molecular complexity index is 1430. The number of allylic oxidation sites excluding steroid dienone is 2. The fourth-order valence-corrected chi connectivity index (χ4v) is 5.70. The molecule has 0 bridgehead atoms. The summed E-state index contributed by atoms with van der Waals surface area (Å²) < 4.78 is 12.8. The molecule has 2 atom stereocenters. The lowest BCUT2D eigenvalue weighted by atomic mass is 9.68. The van der Waals surface area contributed by atoms with E-state index in [4.69, 9.17) is 9.47 Å². The Morgan fingerprint density at radius 2 is 1.46 bits per heavy atom. The Labute approximate surface area is 204 Å². The zero-order valence-electron chi connectivity index (χ0n) is 20.2. The van der Waals surface area contributed by atoms with Crippen LogP contribution in [0.25, 0.3) is 5.76 Å². The van der Waals surface area contributed by atoms with E-state index >= 15 is 0 Å². The molecule has 0 saturated heterocycles. The number of hydrogen-bond acceptors (Lipinski definition) is 5. The number of ketones is 3. The number of carbonyl (C=O) groups is 3. The molecule has 2 aromatic rings. The molecule has 0 saturated carbocycles. The molecule has 4 aliphatic rings. The highest BCUT2D eigenvalue weighted by Crippen LogP contribution is 2.51. The highest BCUT2D eigenvalue weighted by Gasteiger charge is 2.49. The Morgan fingerprint density at radius 3 is 2.20 bits per heavy atom. The van der Waals surface area contributed by atoms with Gasteiger partial charge in [0.25, 0.3) is 0 Å². The minimum atomic E-state index is -0.719. The summed E-state index contributed by atoms with van der Waals surface area (Å²) in [6, 6.07) is 14.5. The van der Waals surface area contributed by atoms with Gasteiger partial charge in [-0.05, 0) is 33.3 Å². The first-order chi connectivity index (χ1) is 16.6. The van der Waals surface area contributed by atoms with Gasteiger partial charge in [0.05, 0.1) is 23.7 Å². The molecule has 176 valence electrons. The second-order valence-corrected chi connectivity index (χ2v) is 10.8. The molecule has 0 fully saturated rings. The smallest absolute Gasteiger partial charge is 0.195 e. The molecule has 0 radical (unpaired) electrons. The topological polar surface area (TPSA) is 69.7 Å².